The fourth-order valence-corrected chi connectivity index (χ4v) is 2.10. The van der Waals surface area contributed by atoms with Crippen LogP contribution in [0.3, 0.4) is 0 Å². The van der Waals surface area contributed by atoms with Crippen LogP contribution in [0.4, 0.5) is 5.69 Å². The molecule has 2 nitrogen and oxygen atoms in total. The highest BCUT2D eigenvalue weighted by atomic mass is 16.1. The highest BCUT2D eigenvalue weighted by Gasteiger charge is 2.10. The van der Waals surface area contributed by atoms with Crippen LogP contribution in [0.5, 0.6) is 0 Å². The second-order valence-electron chi connectivity index (χ2n) is 4.69. The van der Waals surface area contributed by atoms with E-state index in [9.17, 15) is 4.79 Å². The van der Waals surface area contributed by atoms with Crippen LogP contribution in [-0.2, 0) is 0 Å². The molecule has 2 N–H and O–H groups in total. The molecule has 2 aromatic rings. The summed E-state index contributed by atoms with van der Waals surface area (Å²) in [4.78, 5) is 12.0. The Kier molecular flexibility index (Phi) is 4.35. The molecule has 0 radical (unpaired) electrons. The lowest BCUT2D eigenvalue weighted by Crippen LogP contribution is -2.03. The molecule has 2 heteroatoms. The van der Waals surface area contributed by atoms with Gasteiger partial charge < -0.3 is 5.73 Å². The van der Waals surface area contributed by atoms with Crippen LogP contribution in [0.2, 0.25) is 0 Å². The van der Waals surface area contributed by atoms with Crippen LogP contribution in [0.15, 0.2) is 48.5 Å². The van der Waals surface area contributed by atoms with E-state index in [0.29, 0.717) is 17.7 Å². The summed E-state index contributed by atoms with van der Waals surface area (Å²) in [6, 6.07) is 15.7. The molecular formula is C17H19NO. The first kappa shape index (κ1) is 13.3. The van der Waals surface area contributed by atoms with Gasteiger partial charge in [-0.05, 0) is 29.7 Å². The highest BCUT2D eigenvalue weighted by molar-refractivity contribution is 6.01. The van der Waals surface area contributed by atoms with E-state index in [4.69, 9.17) is 5.73 Å². The highest BCUT2D eigenvalue weighted by Crippen LogP contribution is 2.24. The molecule has 0 bridgehead atoms. The zero-order chi connectivity index (χ0) is 13.7. The van der Waals surface area contributed by atoms with Crippen molar-refractivity contribution in [2.45, 2.75) is 26.2 Å². The molecule has 0 unspecified atom stereocenters. The summed E-state index contributed by atoms with van der Waals surface area (Å²) >= 11 is 0. The van der Waals surface area contributed by atoms with Gasteiger partial charge in [-0.2, -0.15) is 0 Å². The number of carbonyl (C=O) groups is 1. The van der Waals surface area contributed by atoms with Crippen LogP contribution in [0, 0.1) is 0 Å². The first-order valence-electron chi connectivity index (χ1n) is 6.70. The quantitative estimate of drug-likeness (QED) is 0.637. The van der Waals surface area contributed by atoms with Crippen LogP contribution in [0.25, 0.3) is 11.1 Å². The molecule has 0 saturated heterocycles. The second-order valence-corrected chi connectivity index (χ2v) is 4.69. The first-order valence-corrected chi connectivity index (χ1v) is 6.70. The number of unbranched alkanes of at least 4 members (excludes halogenated alkanes) is 1. The molecule has 0 saturated carbocycles. The molecule has 19 heavy (non-hydrogen) atoms. The number of benzene rings is 2. The molecular weight excluding hydrogens is 234 g/mol. The van der Waals surface area contributed by atoms with Gasteiger partial charge >= 0.3 is 0 Å². The predicted octanol–water partition coefficient (Wildman–Crippen LogP) is 4.31. The number of hydrogen-bond donors (Lipinski definition) is 1. The van der Waals surface area contributed by atoms with Crippen molar-refractivity contribution in [3.63, 3.8) is 0 Å². The molecule has 0 aliphatic heterocycles. The Morgan fingerprint density at radius 2 is 1.79 bits per heavy atom. The Morgan fingerprint density at radius 3 is 2.42 bits per heavy atom. The van der Waals surface area contributed by atoms with Gasteiger partial charge in [0.2, 0.25) is 0 Å². The van der Waals surface area contributed by atoms with Gasteiger partial charge in [-0.1, -0.05) is 49.7 Å². The molecule has 0 aromatic heterocycles. The maximum Gasteiger partial charge on any atom is 0.164 e. The lowest BCUT2D eigenvalue weighted by Gasteiger charge is -2.08. The van der Waals surface area contributed by atoms with Crippen molar-refractivity contribution in [3.8, 4) is 11.1 Å². The largest absolute Gasteiger partial charge is 0.398 e. The minimum atomic E-state index is 0.138. The van der Waals surface area contributed by atoms with Gasteiger partial charge in [-0.15, -0.1) is 0 Å². The summed E-state index contributed by atoms with van der Waals surface area (Å²) in [5, 5.41) is 0. The second kappa shape index (κ2) is 6.19. The monoisotopic (exact) mass is 253 g/mol. The van der Waals surface area contributed by atoms with Crippen molar-refractivity contribution >= 4 is 11.5 Å². The van der Waals surface area contributed by atoms with Gasteiger partial charge in [0.1, 0.15) is 0 Å². The van der Waals surface area contributed by atoms with Gasteiger partial charge in [0, 0.05) is 17.7 Å². The molecule has 2 rings (SSSR count). The van der Waals surface area contributed by atoms with Crippen LogP contribution in [0.1, 0.15) is 36.5 Å². The summed E-state index contributed by atoms with van der Waals surface area (Å²) in [6.45, 7) is 2.08. The average molecular weight is 253 g/mol. The molecule has 0 atom stereocenters. The maximum absolute atomic E-state index is 12.0. The summed E-state index contributed by atoms with van der Waals surface area (Å²) < 4.78 is 0. The maximum atomic E-state index is 12.0. The summed E-state index contributed by atoms with van der Waals surface area (Å²) in [5.41, 5.74) is 9.39. The SMILES string of the molecule is CCCCC(=O)c1ccc(-c2ccccc2)cc1N. The zero-order valence-corrected chi connectivity index (χ0v) is 11.2. The molecule has 98 valence electrons. The van der Waals surface area contributed by atoms with Crippen LogP contribution in [-0.4, -0.2) is 5.78 Å². The third kappa shape index (κ3) is 3.22. The predicted molar refractivity (Wildman–Crippen MR) is 80.1 cm³/mol. The van der Waals surface area contributed by atoms with Crippen LogP contribution < -0.4 is 5.73 Å². The minimum Gasteiger partial charge on any atom is -0.398 e. The van der Waals surface area contributed by atoms with E-state index < -0.39 is 0 Å². The lowest BCUT2D eigenvalue weighted by molar-refractivity contribution is 0.0980. The van der Waals surface area contributed by atoms with Crippen molar-refractivity contribution in [3.05, 3.63) is 54.1 Å². The normalized spacial score (nSPS) is 10.4. The number of Topliss-reactive ketones (excluding diaryl/α,β-unsaturated/α-hetero) is 1. The average Bonchev–Trinajstić information content (AvgIpc) is 2.45. The Bertz CT molecular complexity index is 561. The Balaban J connectivity index is 2.25. The van der Waals surface area contributed by atoms with Crippen LogP contribution >= 0.6 is 0 Å². The van der Waals surface area contributed by atoms with Gasteiger partial charge in [0.25, 0.3) is 0 Å². The number of rotatable bonds is 5. The fourth-order valence-electron chi connectivity index (χ4n) is 2.10. The number of carbonyl (C=O) groups excluding carboxylic acids is 1. The molecule has 0 heterocycles. The molecule has 2 aromatic carbocycles. The lowest BCUT2D eigenvalue weighted by atomic mass is 9.99. The topological polar surface area (TPSA) is 43.1 Å². The van der Waals surface area contributed by atoms with Gasteiger partial charge in [0.05, 0.1) is 0 Å². The van der Waals surface area contributed by atoms with E-state index >= 15 is 0 Å². The summed E-state index contributed by atoms with van der Waals surface area (Å²) in [7, 11) is 0. The number of hydrogen-bond acceptors (Lipinski definition) is 2. The fraction of sp³-hybridized carbons (Fsp3) is 0.235. The van der Waals surface area contributed by atoms with Crippen molar-refractivity contribution in [1.29, 1.82) is 0 Å². The van der Waals surface area contributed by atoms with E-state index in [2.05, 4.69) is 6.92 Å². The Labute approximate surface area is 114 Å². The zero-order valence-electron chi connectivity index (χ0n) is 11.2. The van der Waals surface area contributed by atoms with Gasteiger partial charge in [-0.3, -0.25) is 4.79 Å². The number of anilines is 1. The number of ketones is 1. The third-order valence-electron chi connectivity index (χ3n) is 3.22. The smallest absolute Gasteiger partial charge is 0.164 e. The van der Waals surface area contributed by atoms with E-state index in [-0.39, 0.29) is 5.78 Å². The van der Waals surface area contributed by atoms with Crippen molar-refractivity contribution in [2.24, 2.45) is 0 Å². The van der Waals surface area contributed by atoms with E-state index in [1.54, 1.807) is 0 Å². The van der Waals surface area contributed by atoms with E-state index in [0.717, 1.165) is 24.0 Å². The first-order chi connectivity index (χ1) is 9.22. The minimum absolute atomic E-state index is 0.138. The third-order valence-corrected chi connectivity index (χ3v) is 3.22. The standard InChI is InChI=1S/C17H19NO/c1-2-3-9-17(19)15-11-10-14(12-16(15)18)13-7-5-4-6-8-13/h4-8,10-12H,2-3,9,18H2,1H3. The van der Waals surface area contributed by atoms with Crippen molar-refractivity contribution < 1.29 is 4.79 Å². The number of nitrogens with two attached hydrogens (primary N) is 1. The summed E-state index contributed by atoms with van der Waals surface area (Å²) in [5.74, 6) is 0.138. The molecule has 0 aliphatic rings. The van der Waals surface area contributed by atoms with Gasteiger partial charge in [0.15, 0.2) is 5.78 Å². The van der Waals surface area contributed by atoms with Crippen molar-refractivity contribution in [1.82, 2.24) is 0 Å². The Hall–Kier alpha value is -2.09. The molecule has 0 fully saturated rings. The van der Waals surface area contributed by atoms with Gasteiger partial charge in [-0.25, -0.2) is 0 Å². The van der Waals surface area contributed by atoms with E-state index in [1.165, 1.54) is 0 Å². The molecule has 0 amide bonds. The molecule has 0 spiro atoms. The van der Waals surface area contributed by atoms with Crippen molar-refractivity contribution in [2.75, 3.05) is 5.73 Å². The summed E-state index contributed by atoms with van der Waals surface area (Å²) in [6.07, 6.45) is 2.51. The molecule has 0 aliphatic carbocycles. The Morgan fingerprint density at radius 1 is 1.05 bits per heavy atom. The van der Waals surface area contributed by atoms with E-state index in [1.807, 2.05) is 48.5 Å². The number of nitrogen functional groups attached to an aromatic ring is 1.